The fourth-order valence-corrected chi connectivity index (χ4v) is 3.68. The van der Waals surface area contributed by atoms with Crippen molar-refractivity contribution in [1.82, 2.24) is 0 Å². The van der Waals surface area contributed by atoms with E-state index < -0.39 is 30.1 Å². The zero-order chi connectivity index (χ0) is 24.4. The van der Waals surface area contributed by atoms with E-state index in [1.807, 2.05) is 0 Å². The fraction of sp³-hybridized carbons (Fsp3) is 0.231. The average Bonchev–Trinajstić information content (AvgIpc) is 2.79. The second-order valence-electron chi connectivity index (χ2n) is 8.11. The number of carbonyl (C=O) groups excluding carboxylic acids is 4. The molecule has 4 rings (SSSR count). The van der Waals surface area contributed by atoms with Gasteiger partial charge in [0.1, 0.15) is 29.5 Å². The molecular weight excluding hydrogens is 440 g/mol. The van der Waals surface area contributed by atoms with Gasteiger partial charge in [0.05, 0.1) is 12.0 Å². The number of esters is 3. The van der Waals surface area contributed by atoms with Gasteiger partial charge in [0.15, 0.2) is 5.78 Å². The predicted molar refractivity (Wildman–Crippen MR) is 120 cm³/mol. The van der Waals surface area contributed by atoms with Gasteiger partial charge in [0, 0.05) is 29.6 Å². The average molecular weight is 462 g/mol. The molecule has 8 nitrogen and oxygen atoms in total. The van der Waals surface area contributed by atoms with Gasteiger partial charge in [-0.2, -0.15) is 0 Å². The van der Waals surface area contributed by atoms with Crippen molar-refractivity contribution in [2.75, 3.05) is 0 Å². The third kappa shape index (κ3) is 4.91. The second kappa shape index (κ2) is 9.35. The van der Waals surface area contributed by atoms with Crippen LogP contribution in [0.4, 0.5) is 0 Å². The van der Waals surface area contributed by atoms with Gasteiger partial charge in [0.25, 0.3) is 0 Å². The van der Waals surface area contributed by atoms with Crippen LogP contribution in [0.2, 0.25) is 0 Å². The zero-order valence-electron chi connectivity index (χ0n) is 18.5. The first-order valence-electron chi connectivity index (χ1n) is 10.6. The van der Waals surface area contributed by atoms with Crippen molar-refractivity contribution >= 4 is 23.7 Å². The van der Waals surface area contributed by atoms with Crippen LogP contribution in [-0.4, -0.2) is 29.8 Å². The molecular formula is C26H22O8. The highest BCUT2D eigenvalue weighted by molar-refractivity contribution is 6.01. The maximum Gasteiger partial charge on any atom is 0.338 e. The van der Waals surface area contributed by atoms with Gasteiger partial charge in [-0.05, 0) is 31.2 Å². The van der Waals surface area contributed by atoms with Gasteiger partial charge >= 0.3 is 17.9 Å². The summed E-state index contributed by atoms with van der Waals surface area (Å²) in [5.74, 6) is -1.10. The Morgan fingerprint density at radius 3 is 2.56 bits per heavy atom. The molecule has 174 valence electrons. The van der Waals surface area contributed by atoms with E-state index in [1.165, 1.54) is 25.1 Å². The van der Waals surface area contributed by atoms with Crippen LogP contribution in [0.1, 0.15) is 48.2 Å². The Morgan fingerprint density at radius 1 is 1.03 bits per heavy atom. The summed E-state index contributed by atoms with van der Waals surface area (Å²) in [4.78, 5) is 48.9. The van der Waals surface area contributed by atoms with Gasteiger partial charge in [0.2, 0.25) is 0 Å². The number of rotatable bonds is 6. The highest BCUT2D eigenvalue weighted by Crippen LogP contribution is 2.36. The summed E-state index contributed by atoms with van der Waals surface area (Å²) in [6.07, 6.45) is -1.42. The van der Waals surface area contributed by atoms with Crippen LogP contribution < -0.4 is 14.2 Å². The maximum atomic E-state index is 12.7. The number of ketones is 1. The third-order valence-electron chi connectivity index (χ3n) is 5.37. The molecule has 2 aromatic carbocycles. The minimum atomic E-state index is -0.781. The van der Waals surface area contributed by atoms with E-state index >= 15 is 0 Å². The van der Waals surface area contributed by atoms with E-state index in [4.69, 9.17) is 18.9 Å². The van der Waals surface area contributed by atoms with Crippen LogP contribution in [0.15, 0.2) is 66.8 Å². The number of benzene rings is 2. The first-order valence-corrected chi connectivity index (χ1v) is 10.6. The number of ether oxygens (including phenoxy) is 4. The summed E-state index contributed by atoms with van der Waals surface area (Å²) >= 11 is 0. The van der Waals surface area contributed by atoms with Gasteiger partial charge in [-0.3, -0.25) is 9.59 Å². The molecule has 2 aliphatic heterocycles. The van der Waals surface area contributed by atoms with Crippen LogP contribution in [0.25, 0.3) is 0 Å². The largest absolute Gasteiger partial charge is 0.489 e. The molecule has 2 aliphatic rings. The smallest absolute Gasteiger partial charge is 0.338 e. The quantitative estimate of drug-likeness (QED) is 0.360. The lowest BCUT2D eigenvalue weighted by Crippen LogP contribution is -2.29. The van der Waals surface area contributed by atoms with Crippen molar-refractivity contribution in [3.63, 3.8) is 0 Å². The third-order valence-corrected chi connectivity index (χ3v) is 5.37. The Hall–Kier alpha value is -4.20. The molecule has 0 N–H and O–H groups in total. The molecule has 2 aromatic rings. The molecule has 34 heavy (non-hydrogen) atoms. The van der Waals surface area contributed by atoms with Crippen LogP contribution in [0.5, 0.6) is 17.2 Å². The lowest BCUT2D eigenvalue weighted by Gasteiger charge is -2.27. The molecule has 2 heterocycles. The maximum absolute atomic E-state index is 12.7. The normalized spacial score (nSPS) is 18.5. The van der Waals surface area contributed by atoms with Crippen molar-refractivity contribution in [3.8, 4) is 17.2 Å². The number of fused-ring (bicyclic) bond motifs is 2. The Balaban J connectivity index is 1.39. The van der Waals surface area contributed by atoms with Gasteiger partial charge in [-0.15, -0.1) is 0 Å². The molecule has 0 spiro atoms. The summed E-state index contributed by atoms with van der Waals surface area (Å²) in [5, 5.41) is 0. The molecule has 2 atom stereocenters. The Kier molecular flexibility index (Phi) is 6.32. The number of carbonyl (C=O) groups is 4. The van der Waals surface area contributed by atoms with Gasteiger partial charge < -0.3 is 18.9 Å². The first-order chi connectivity index (χ1) is 16.2. The predicted octanol–water partition coefficient (Wildman–Crippen LogP) is 4.04. The highest BCUT2D eigenvalue weighted by atomic mass is 16.6. The van der Waals surface area contributed by atoms with Crippen LogP contribution in [0, 0.1) is 0 Å². The molecule has 0 bridgehead atoms. The standard InChI is InChI=1S/C26H22O8/c1-14(2)25(29)32-16-8-9-22-19(11-16)20(27)12-17(31-22)10-15(3)26(30)34-23-13-24(28)33-21-7-5-4-6-18(21)23/h4-9,11,17,23H,1,3,10,12-13H2,2H3. The molecule has 0 saturated carbocycles. The molecule has 0 radical (unpaired) electrons. The molecule has 8 heteroatoms. The fourth-order valence-electron chi connectivity index (χ4n) is 3.68. The number of hydrogen-bond acceptors (Lipinski definition) is 8. The van der Waals surface area contributed by atoms with Crippen LogP contribution in [0.3, 0.4) is 0 Å². The minimum Gasteiger partial charge on any atom is -0.489 e. The van der Waals surface area contributed by atoms with Crippen LogP contribution >= 0.6 is 0 Å². The molecule has 0 amide bonds. The number of para-hydroxylation sites is 1. The molecule has 0 aromatic heterocycles. The topological polar surface area (TPSA) is 105 Å². The Morgan fingerprint density at radius 2 is 1.79 bits per heavy atom. The summed E-state index contributed by atoms with van der Waals surface area (Å²) in [5.41, 5.74) is 1.24. The van der Waals surface area contributed by atoms with Crippen molar-refractivity contribution in [2.24, 2.45) is 0 Å². The monoisotopic (exact) mass is 462 g/mol. The summed E-state index contributed by atoms with van der Waals surface area (Å²) in [6, 6.07) is 11.3. The van der Waals surface area contributed by atoms with Gasteiger partial charge in [-0.1, -0.05) is 31.4 Å². The Bertz CT molecular complexity index is 1230. The summed E-state index contributed by atoms with van der Waals surface area (Å²) in [6.45, 7) is 8.83. The summed E-state index contributed by atoms with van der Waals surface area (Å²) in [7, 11) is 0. The van der Waals surface area contributed by atoms with Crippen molar-refractivity contribution in [3.05, 3.63) is 77.9 Å². The van der Waals surface area contributed by atoms with E-state index in [9.17, 15) is 19.2 Å². The van der Waals surface area contributed by atoms with E-state index in [2.05, 4.69) is 13.2 Å². The lowest BCUT2D eigenvalue weighted by atomic mass is 9.96. The van der Waals surface area contributed by atoms with Gasteiger partial charge in [-0.25, -0.2) is 9.59 Å². The molecule has 0 saturated heterocycles. The number of hydrogen-bond donors (Lipinski definition) is 0. The first kappa shape index (κ1) is 23.0. The molecule has 2 unspecified atom stereocenters. The zero-order valence-corrected chi connectivity index (χ0v) is 18.5. The summed E-state index contributed by atoms with van der Waals surface area (Å²) < 4.78 is 21.7. The SMILES string of the molecule is C=C(C)C(=O)Oc1ccc2c(c1)C(=O)CC(CC(=C)C(=O)OC1CC(=O)Oc3ccccc31)O2. The van der Waals surface area contributed by atoms with Crippen molar-refractivity contribution in [2.45, 2.75) is 38.4 Å². The number of Topliss-reactive ketones (excluding diaryl/α,β-unsaturated/α-hetero) is 1. The van der Waals surface area contributed by atoms with E-state index in [0.717, 1.165) is 0 Å². The minimum absolute atomic E-state index is 0.00970. The van der Waals surface area contributed by atoms with E-state index in [1.54, 1.807) is 24.3 Å². The molecule has 0 aliphatic carbocycles. The van der Waals surface area contributed by atoms with Crippen molar-refractivity contribution < 1.29 is 38.1 Å². The Labute approximate surface area is 195 Å². The highest BCUT2D eigenvalue weighted by Gasteiger charge is 2.32. The molecule has 0 fully saturated rings. The van der Waals surface area contributed by atoms with Crippen molar-refractivity contribution in [1.29, 1.82) is 0 Å². The lowest BCUT2D eigenvalue weighted by molar-refractivity contribution is -0.151. The second-order valence-corrected chi connectivity index (χ2v) is 8.11. The van der Waals surface area contributed by atoms with Crippen LogP contribution in [-0.2, 0) is 19.1 Å². The van der Waals surface area contributed by atoms with E-state index in [-0.39, 0.29) is 47.5 Å². The van der Waals surface area contributed by atoms with E-state index in [0.29, 0.717) is 17.1 Å².